The number of nitriles is 1. The number of carboxylic acid groups (broad SMARTS) is 1. The van der Waals surface area contributed by atoms with Gasteiger partial charge in [0.15, 0.2) is 0 Å². The van der Waals surface area contributed by atoms with Crippen LogP contribution in [-0.4, -0.2) is 17.1 Å². The Bertz CT molecular complexity index is 365. The molecule has 0 radical (unpaired) electrons. The van der Waals surface area contributed by atoms with Gasteiger partial charge in [-0.1, -0.05) is 12.1 Å². The quantitative estimate of drug-likeness (QED) is 0.539. The zero-order chi connectivity index (χ0) is 10.6. The van der Waals surface area contributed by atoms with Gasteiger partial charge in [0, 0.05) is 0 Å². The zero-order valence-corrected chi connectivity index (χ0v) is 7.47. The molecule has 0 fully saturated rings. The molecule has 0 unspecified atom stereocenters. The van der Waals surface area contributed by atoms with E-state index in [1.807, 2.05) is 6.07 Å². The Hall–Kier alpha value is -1.86. The van der Waals surface area contributed by atoms with Gasteiger partial charge in [-0.05, 0) is 24.1 Å². The predicted octanol–water partition coefficient (Wildman–Crippen LogP) is 0.513. The Labute approximate surface area is 81.6 Å². The molecule has 0 aliphatic rings. The van der Waals surface area contributed by atoms with E-state index in [9.17, 15) is 4.79 Å². The smallest absolute Gasteiger partial charge is 0.320 e. The van der Waals surface area contributed by atoms with Gasteiger partial charge in [0.1, 0.15) is 6.04 Å². The van der Waals surface area contributed by atoms with E-state index < -0.39 is 12.0 Å². The maximum Gasteiger partial charge on any atom is 0.320 e. The third-order valence-corrected chi connectivity index (χ3v) is 1.86. The maximum atomic E-state index is 10.4. The lowest BCUT2D eigenvalue weighted by Gasteiger charge is -2.05. The van der Waals surface area contributed by atoms with Crippen molar-refractivity contribution in [1.29, 1.82) is 5.26 Å². The number of benzene rings is 1. The first-order valence-corrected chi connectivity index (χ1v) is 4.11. The summed E-state index contributed by atoms with van der Waals surface area (Å²) in [7, 11) is 0. The van der Waals surface area contributed by atoms with Gasteiger partial charge in [-0.15, -0.1) is 0 Å². The summed E-state index contributed by atoms with van der Waals surface area (Å²) in [5.74, 6) is -1.02. The molecule has 0 amide bonds. The molecule has 4 nitrogen and oxygen atoms in total. The Morgan fingerprint density at radius 2 is 2.07 bits per heavy atom. The molecule has 0 saturated heterocycles. The van der Waals surface area contributed by atoms with Gasteiger partial charge >= 0.3 is 5.97 Å². The van der Waals surface area contributed by atoms with Gasteiger partial charge in [0.25, 0.3) is 0 Å². The SMILES string of the molecule is N[C@@H](Cc1ccc([13C]#[15N])cc1)C(=O)O. The summed E-state index contributed by atoms with van der Waals surface area (Å²) in [5.41, 5.74) is 6.73. The minimum atomic E-state index is -1.02. The van der Waals surface area contributed by atoms with Crippen molar-refractivity contribution in [2.45, 2.75) is 12.5 Å². The average molecular weight is 192 g/mol. The molecule has 3 N–H and O–H groups in total. The summed E-state index contributed by atoms with van der Waals surface area (Å²) in [6, 6.07) is 7.80. The second-order valence-corrected chi connectivity index (χ2v) is 2.96. The van der Waals surface area contributed by atoms with E-state index in [2.05, 4.69) is 0 Å². The molecule has 1 aromatic carbocycles. The van der Waals surface area contributed by atoms with Crippen LogP contribution in [0.15, 0.2) is 24.3 Å². The third kappa shape index (κ3) is 2.57. The van der Waals surface area contributed by atoms with E-state index >= 15 is 0 Å². The lowest BCUT2D eigenvalue weighted by atomic mass is 10.1. The monoisotopic (exact) mass is 192 g/mol. The van der Waals surface area contributed by atoms with Crippen LogP contribution in [0, 0.1) is 11.3 Å². The van der Waals surface area contributed by atoms with Crippen LogP contribution in [0.3, 0.4) is 0 Å². The molecule has 0 spiro atoms. The number of carboxylic acids is 1. The molecule has 1 rings (SSSR count). The Kier molecular flexibility index (Phi) is 3.21. The molecule has 0 bridgehead atoms. The summed E-state index contributed by atoms with van der Waals surface area (Å²) < 4.78 is 0. The van der Waals surface area contributed by atoms with Gasteiger partial charge in [-0.3, -0.25) is 4.79 Å². The van der Waals surface area contributed by atoms with Crippen LogP contribution < -0.4 is 5.73 Å². The highest BCUT2D eigenvalue weighted by molar-refractivity contribution is 5.73. The second-order valence-electron chi connectivity index (χ2n) is 2.96. The molecule has 1 aromatic rings. The lowest BCUT2D eigenvalue weighted by molar-refractivity contribution is -0.138. The maximum absolute atomic E-state index is 10.4. The predicted molar refractivity (Wildman–Crippen MR) is 50.5 cm³/mol. The zero-order valence-electron chi connectivity index (χ0n) is 7.47. The van der Waals surface area contributed by atoms with Gasteiger partial charge in [0.05, 0.1) is 11.6 Å². The molecular weight excluding hydrogens is 182 g/mol. The molecule has 0 saturated carbocycles. The van der Waals surface area contributed by atoms with Gasteiger partial charge < -0.3 is 10.8 Å². The molecule has 0 aliphatic carbocycles. The Morgan fingerprint density at radius 3 is 2.50 bits per heavy atom. The van der Waals surface area contributed by atoms with Crippen LogP contribution in [-0.2, 0) is 11.2 Å². The third-order valence-electron chi connectivity index (χ3n) is 1.86. The lowest BCUT2D eigenvalue weighted by Crippen LogP contribution is -2.32. The van der Waals surface area contributed by atoms with Crippen molar-refractivity contribution in [3.05, 3.63) is 35.4 Å². The minimum Gasteiger partial charge on any atom is -0.480 e. The van der Waals surface area contributed by atoms with Crippen LogP contribution in [0.25, 0.3) is 0 Å². The van der Waals surface area contributed by atoms with Crippen molar-refractivity contribution in [1.82, 2.24) is 0 Å². The second kappa shape index (κ2) is 4.40. The standard InChI is InChI=1S/C10H10N2O2/c11-6-8-3-1-7(2-4-8)5-9(12)10(13)14/h1-4,9H,5,12H2,(H,13,14)/t9-/m0/s1/i6+1,11+1. The van der Waals surface area contributed by atoms with Crippen LogP contribution in [0.5, 0.6) is 0 Å². The van der Waals surface area contributed by atoms with E-state index in [0.717, 1.165) is 5.56 Å². The first-order valence-electron chi connectivity index (χ1n) is 4.11. The highest BCUT2D eigenvalue weighted by Crippen LogP contribution is 2.05. The molecule has 14 heavy (non-hydrogen) atoms. The van der Waals surface area contributed by atoms with E-state index in [1.165, 1.54) is 0 Å². The van der Waals surface area contributed by atoms with E-state index in [4.69, 9.17) is 16.1 Å². The molecule has 4 heteroatoms. The highest BCUT2D eigenvalue weighted by atomic mass is 16.4. The summed E-state index contributed by atoms with van der Waals surface area (Å²) in [6.45, 7) is 0. The van der Waals surface area contributed by atoms with E-state index in [0.29, 0.717) is 5.56 Å². The number of hydrogen-bond donors (Lipinski definition) is 2. The summed E-state index contributed by atoms with van der Waals surface area (Å²) >= 11 is 0. The largest absolute Gasteiger partial charge is 0.480 e. The van der Waals surface area contributed by atoms with Crippen molar-refractivity contribution in [3.8, 4) is 6.07 Å². The van der Waals surface area contributed by atoms with Crippen molar-refractivity contribution < 1.29 is 9.90 Å². The Morgan fingerprint density at radius 1 is 1.50 bits per heavy atom. The van der Waals surface area contributed by atoms with Crippen LogP contribution in [0.2, 0.25) is 0 Å². The first-order chi connectivity index (χ1) is 6.63. The topological polar surface area (TPSA) is 87.1 Å². The number of carbonyl (C=O) groups is 1. The number of nitrogens with two attached hydrogens (primary N) is 1. The fraction of sp³-hybridized carbons (Fsp3) is 0.200. The first kappa shape index (κ1) is 10.2. The summed E-state index contributed by atoms with van der Waals surface area (Å²) in [6.07, 6.45) is 0.279. The van der Waals surface area contributed by atoms with Gasteiger partial charge in [0.2, 0.25) is 0 Å². The summed E-state index contributed by atoms with van der Waals surface area (Å²) in [5, 5.41) is 17.1. The van der Waals surface area contributed by atoms with Crippen LogP contribution >= 0.6 is 0 Å². The molecule has 72 valence electrons. The number of aliphatic carboxylic acids is 1. The normalized spacial score (nSPS) is 11.7. The fourth-order valence-electron chi connectivity index (χ4n) is 1.06. The number of nitrogens with zero attached hydrogens (tertiary/aromatic N) is 1. The molecule has 0 aromatic heterocycles. The minimum absolute atomic E-state index is 0.279. The Balaban J connectivity index is 2.70. The van der Waals surface area contributed by atoms with Crippen molar-refractivity contribution in [3.63, 3.8) is 0 Å². The summed E-state index contributed by atoms with van der Waals surface area (Å²) in [4.78, 5) is 10.4. The molecule has 0 heterocycles. The van der Waals surface area contributed by atoms with E-state index in [1.54, 1.807) is 24.3 Å². The van der Waals surface area contributed by atoms with E-state index in [-0.39, 0.29) is 6.42 Å². The number of hydrogen-bond acceptors (Lipinski definition) is 3. The van der Waals surface area contributed by atoms with Gasteiger partial charge in [-0.25, -0.2) is 0 Å². The number of rotatable bonds is 3. The molecular formula is C10H10N2O2. The van der Waals surface area contributed by atoms with Crippen molar-refractivity contribution in [2.24, 2.45) is 5.73 Å². The van der Waals surface area contributed by atoms with Crippen LogP contribution in [0.4, 0.5) is 0 Å². The fourth-order valence-corrected chi connectivity index (χ4v) is 1.06. The van der Waals surface area contributed by atoms with Crippen LogP contribution in [0.1, 0.15) is 11.1 Å². The molecule has 0 aliphatic heterocycles. The average Bonchev–Trinajstić information content (AvgIpc) is 2.19. The van der Waals surface area contributed by atoms with Crippen molar-refractivity contribution in [2.75, 3.05) is 0 Å². The highest BCUT2D eigenvalue weighted by Gasteiger charge is 2.11. The van der Waals surface area contributed by atoms with Gasteiger partial charge in [-0.2, -0.15) is 5.26 Å². The molecule has 1 atom stereocenters. The van der Waals surface area contributed by atoms with Crippen molar-refractivity contribution >= 4 is 5.97 Å².